The molecule has 6 nitrogen and oxygen atoms in total. The molecule has 0 radical (unpaired) electrons. The van der Waals surface area contributed by atoms with Crippen LogP contribution in [0.2, 0.25) is 0 Å². The minimum Gasteiger partial charge on any atom is -0.482 e. The first kappa shape index (κ1) is 17.1. The number of hydrogen-bond acceptors (Lipinski definition) is 4. The first-order valence-electron chi connectivity index (χ1n) is 7.66. The molecule has 0 saturated carbocycles. The van der Waals surface area contributed by atoms with Crippen LogP contribution in [0.3, 0.4) is 0 Å². The summed E-state index contributed by atoms with van der Waals surface area (Å²) < 4.78 is 11.5. The summed E-state index contributed by atoms with van der Waals surface area (Å²) in [6.07, 6.45) is -1.19. The smallest absolute Gasteiger partial charge is 0.267 e. The van der Waals surface area contributed by atoms with Gasteiger partial charge in [0.2, 0.25) is 12.0 Å². The molecule has 1 aliphatic rings. The van der Waals surface area contributed by atoms with Crippen molar-refractivity contribution in [3.63, 3.8) is 0 Å². The van der Waals surface area contributed by atoms with Crippen LogP contribution in [0.25, 0.3) is 0 Å². The van der Waals surface area contributed by atoms with Crippen LogP contribution in [-0.2, 0) is 9.59 Å². The lowest BCUT2D eigenvalue weighted by Gasteiger charge is -2.33. The maximum atomic E-state index is 12.6. The molecular formula is C17H24N2O4. The number of likely N-dealkylation sites (N-methyl/N-ethyl adjacent to an activating group) is 1. The zero-order valence-corrected chi connectivity index (χ0v) is 14.3. The van der Waals surface area contributed by atoms with Crippen LogP contribution in [0.15, 0.2) is 24.3 Å². The molecule has 0 saturated heterocycles. The molecule has 23 heavy (non-hydrogen) atoms. The van der Waals surface area contributed by atoms with Gasteiger partial charge in [0.15, 0.2) is 11.5 Å². The van der Waals surface area contributed by atoms with E-state index in [-0.39, 0.29) is 23.9 Å². The van der Waals surface area contributed by atoms with Crippen LogP contribution < -0.4 is 14.8 Å². The number of nitrogens with one attached hydrogen (secondary N) is 1. The van der Waals surface area contributed by atoms with E-state index < -0.39 is 12.2 Å². The molecule has 2 amide bonds. The molecule has 0 bridgehead atoms. The Kier molecular flexibility index (Phi) is 4.82. The fourth-order valence-corrected chi connectivity index (χ4v) is 2.36. The molecule has 1 aromatic carbocycles. The lowest BCUT2D eigenvalue weighted by atomic mass is 10.1. The third-order valence-corrected chi connectivity index (χ3v) is 3.36. The van der Waals surface area contributed by atoms with Crippen molar-refractivity contribution in [1.29, 1.82) is 0 Å². The maximum absolute atomic E-state index is 12.6. The molecule has 1 N–H and O–H groups in total. The third-order valence-electron chi connectivity index (χ3n) is 3.36. The van der Waals surface area contributed by atoms with E-state index in [1.807, 2.05) is 32.9 Å². The fraction of sp³-hybridized carbons (Fsp3) is 0.529. The van der Waals surface area contributed by atoms with Crippen LogP contribution >= 0.6 is 0 Å². The highest BCUT2D eigenvalue weighted by atomic mass is 16.6. The normalized spacial score (nSPS) is 19.9. The van der Waals surface area contributed by atoms with Gasteiger partial charge in [-0.3, -0.25) is 9.59 Å². The lowest BCUT2D eigenvalue weighted by Crippen LogP contribution is -2.52. The molecule has 6 heteroatoms. The number of carbonyl (C=O) groups excluding carboxylic acids is 2. The van der Waals surface area contributed by atoms with Crippen molar-refractivity contribution in [2.45, 2.75) is 45.4 Å². The predicted molar refractivity (Wildman–Crippen MR) is 86.5 cm³/mol. The van der Waals surface area contributed by atoms with Crippen LogP contribution in [0.4, 0.5) is 0 Å². The van der Waals surface area contributed by atoms with Gasteiger partial charge >= 0.3 is 0 Å². The molecule has 2 unspecified atom stereocenters. The second-order valence-electron chi connectivity index (χ2n) is 6.80. The molecule has 2 atom stereocenters. The Morgan fingerprint density at radius 2 is 1.74 bits per heavy atom. The summed E-state index contributed by atoms with van der Waals surface area (Å²) in [5.41, 5.74) is -0.336. The van der Waals surface area contributed by atoms with Gasteiger partial charge in [0.1, 0.15) is 6.10 Å². The van der Waals surface area contributed by atoms with E-state index in [1.165, 1.54) is 4.90 Å². The zero-order chi connectivity index (χ0) is 17.2. The largest absolute Gasteiger partial charge is 0.482 e. The lowest BCUT2D eigenvalue weighted by molar-refractivity contribution is -0.145. The number of benzene rings is 1. The van der Waals surface area contributed by atoms with E-state index in [9.17, 15) is 9.59 Å². The van der Waals surface area contributed by atoms with Gasteiger partial charge < -0.3 is 19.7 Å². The number of rotatable bonds is 3. The Morgan fingerprint density at radius 3 is 2.30 bits per heavy atom. The summed E-state index contributed by atoms with van der Waals surface area (Å²) in [4.78, 5) is 25.9. The van der Waals surface area contributed by atoms with E-state index in [0.717, 1.165) is 0 Å². The van der Waals surface area contributed by atoms with Crippen molar-refractivity contribution in [2.24, 2.45) is 0 Å². The second kappa shape index (κ2) is 6.48. The van der Waals surface area contributed by atoms with Crippen LogP contribution in [-0.4, -0.2) is 48.1 Å². The quantitative estimate of drug-likeness (QED) is 0.918. The topological polar surface area (TPSA) is 67.9 Å². The Morgan fingerprint density at radius 1 is 1.17 bits per heavy atom. The number of carbonyl (C=O) groups is 2. The van der Waals surface area contributed by atoms with Gasteiger partial charge in [-0.2, -0.15) is 0 Å². The predicted octanol–water partition coefficient (Wildman–Crippen LogP) is 1.59. The molecule has 126 valence electrons. The van der Waals surface area contributed by atoms with Crippen molar-refractivity contribution in [2.75, 3.05) is 13.6 Å². The molecule has 1 aliphatic heterocycles. The number of para-hydroxylation sites is 2. The van der Waals surface area contributed by atoms with Crippen molar-refractivity contribution in [3.8, 4) is 11.5 Å². The number of hydrogen-bond donors (Lipinski definition) is 1. The molecule has 0 aliphatic carbocycles. The summed E-state index contributed by atoms with van der Waals surface area (Å²) in [6.45, 7) is 7.43. The van der Waals surface area contributed by atoms with Crippen LogP contribution in [0, 0.1) is 0 Å². The highest BCUT2D eigenvalue weighted by Gasteiger charge is 2.36. The Hall–Kier alpha value is -2.24. The summed E-state index contributed by atoms with van der Waals surface area (Å²) in [5, 5.41) is 2.83. The fourth-order valence-electron chi connectivity index (χ4n) is 2.36. The Bertz CT molecular complexity index is 595. The molecule has 1 heterocycles. The van der Waals surface area contributed by atoms with Gasteiger partial charge in [-0.1, -0.05) is 12.1 Å². The van der Waals surface area contributed by atoms with Crippen molar-refractivity contribution in [1.82, 2.24) is 10.2 Å². The van der Waals surface area contributed by atoms with Gasteiger partial charge in [-0.25, -0.2) is 0 Å². The van der Waals surface area contributed by atoms with Crippen LogP contribution in [0.1, 0.15) is 27.7 Å². The summed E-state index contributed by atoms with van der Waals surface area (Å²) in [7, 11) is 1.58. The van der Waals surface area contributed by atoms with Gasteiger partial charge in [-0.05, 0) is 39.8 Å². The van der Waals surface area contributed by atoms with E-state index in [4.69, 9.17) is 9.47 Å². The summed E-state index contributed by atoms with van der Waals surface area (Å²) in [5.74, 6) is 0.669. The standard InChI is InChI=1S/C17H24N2O4/c1-11-15(23-13-9-7-6-8-12(13)22-11)16(21)19(5)10-14(20)18-17(2,3)4/h6-9,11,15H,10H2,1-5H3,(H,18,20). The average molecular weight is 320 g/mol. The van der Waals surface area contributed by atoms with E-state index in [0.29, 0.717) is 11.5 Å². The van der Waals surface area contributed by atoms with E-state index in [2.05, 4.69) is 5.32 Å². The van der Waals surface area contributed by atoms with Crippen LogP contribution in [0.5, 0.6) is 11.5 Å². The SMILES string of the molecule is CC1Oc2ccccc2OC1C(=O)N(C)CC(=O)NC(C)(C)C. The summed E-state index contributed by atoms with van der Waals surface area (Å²) >= 11 is 0. The highest BCUT2D eigenvalue weighted by Crippen LogP contribution is 2.33. The number of ether oxygens (including phenoxy) is 2. The molecule has 0 spiro atoms. The first-order valence-corrected chi connectivity index (χ1v) is 7.66. The minimum atomic E-state index is -0.766. The minimum absolute atomic E-state index is 0.0235. The number of amides is 2. The third kappa shape index (κ3) is 4.37. The van der Waals surface area contributed by atoms with Gasteiger partial charge in [0.05, 0.1) is 6.54 Å². The Balaban J connectivity index is 2.01. The molecule has 1 aromatic rings. The molecule has 0 aromatic heterocycles. The highest BCUT2D eigenvalue weighted by molar-refractivity contribution is 5.87. The van der Waals surface area contributed by atoms with E-state index in [1.54, 1.807) is 26.1 Å². The maximum Gasteiger partial charge on any atom is 0.267 e. The molecule has 2 rings (SSSR count). The van der Waals surface area contributed by atoms with Gasteiger partial charge in [0.25, 0.3) is 5.91 Å². The van der Waals surface area contributed by atoms with Crippen molar-refractivity contribution in [3.05, 3.63) is 24.3 Å². The van der Waals surface area contributed by atoms with Crippen molar-refractivity contribution >= 4 is 11.8 Å². The second-order valence-corrected chi connectivity index (χ2v) is 6.80. The number of fused-ring (bicyclic) bond motifs is 1. The average Bonchev–Trinajstić information content (AvgIpc) is 2.43. The van der Waals surface area contributed by atoms with E-state index >= 15 is 0 Å². The van der Waals surface area contributed by atoms with Gasteiger partial charge in [-0.15, -0.1) is 0 Å². The molecular weight excluding hydrogens is 296 g/mol. The first-order chi connectivity index (χ1) is 10.7. The summed E-state index contributed by atoms with van der Waals surface area (Å²) in [6, 6.07) is 7.22. The molecule has 0 fully saturated rings. The number of nitrogens with zero attached hydrogens (tertiary/aromatic N) is 1. The van der Waals surface area contributed by atoms with Gasteiger partial charge in [0, 0.05) is 12.6 Å². The van der Waals surface area contributed by atoms with Crippen molar-refractivity contribution < 1.29 is 19.1 Å². The Labute approximate surface area is 136 Å². The monoisotopic (exact) mass is 320 g/mol. The zero-order valence-electron chi connectivity index (χ0n) is 14.3.